The fourth-order valence-corrected chi connectivity index (χ4v) is 3.10. The van der Waals surface area contributed by atoms with Crippen molar-refractivity contribution in [3.63, 3.8) is 0 Å². The van der Waals surface area contributed by atoms with Gasteiger partial charge in [0.05, 0.1) is 28.7 Å². The smallest absolute Gasteiger partial charge is 0.335 e. The SMILES string of the molecule is Cc1ccc2nc(C3=C(O)CN(c4cccc(C(=O)O)c4)C3=N)[nH]c2c1. The first-order valence-electron chi connectivity index (χ1n) is 8.02. The molecule has 0 amide bonds. The van der Waals surface area contributed by atoms with Crippen LogP contribution in [0, 0.1) is 12.3 Å². The maximum absolute atomic E-state index is 11.2. The predicted octanol–water partition coefficient (Wildman–Crippen LogP) is 3.34. The van der Waals surface area contributed by atoms with Crippen LogP contribution >= 0.6 is 0 Å². The number of hydrogen-bond donors (Lipinski definition) is 4. The number of nitrogens with one attached hydrogen (secondary N) is 2. The van der Waals surface area contributed by atoms with Gasteiger partial charge in [0.2, 0.25) is 0 Å². The summed E-state index contributed by atoms with van der Waals surface area (Å²) >= 11 is 0. The second-order valence-electron chi connectivity index (χ2n) is 6.22. The number of aromatic amines is 1. The average Bonchev–Trinajstić information content (AvgIpc) is 3.14. The first-order valence-corrected chi connectivity index (χ1v) is 8.02. The van der Waals surface area contributed by atoms with Gasteiger partial charge in [-0.2, -0.15) is 0 Å². The molecule has 1 aliphatic heterocycles. The molecule has 4 N–H and O–H groups in total. The van der Waals surface area contributed by atoms with Crippen molar-refractivity contribution in [2.24, 2.45) is 0 Å². The number of aromatic carboxylic acids is 1. The molecule has 0 saturated carbocycles. The van der Waals surface area contributed by atoms with Crippen LogP contribution in [0.2, 0.25) is 0 Å². The number of nitrogens with zero attached hydrogens (tertiary/aromatic N) is 2. The number of carbonyl (C=O) groups is 1. The fraction of sp³-hybridized carbons (Fsp3) is 0.105. The Morgan fingerprint density at radius 2 is 2.08 bits per heavy atom. The molecule has 2 aromatic carbocycles. The van der Waals surface area contributed by atoms with Crippen LogP contribution in [-0.2, 0) is 0 Å². The second kappa shape index (κ2) is 5.73. The van der Waals surface area contributed by atoms with Gasteiger partial charge in [-0.15, -0.1) is 0 Å². The number of aryl methyl sites for hydroxylation is 1. The summed E-state index contributed by atoms with van der Waals surface area (Å²) < 4.78 is 0. The minimum Gasteiger partial charge on any atom is -0.509 e. The van der Waals surface area contributed by atoms with Crippen molar-refractivity contribution in [1.29, 1.82) is 5.41 Å². The Hall–Kier alpha value is -3.61. The number of carboxylic acids is 1. The highest BCUT2D eigenvalue weighted by molar-refractivity contribution is 6.30. The standard InChI is InChI=1S/C19H16N4O3/c1-10-5-6-13-14(7-10)22-18(21-13)16-15(24)9-23(17(16)20)12-4-2-3-11(8-12)19(25)26/h2-8,20,24H,9H2,1H3,(H,21,22)(H,25,26). The zero-order chi connectivity index (χ0) is 18.4. The Balaban J connectivity index is 1.72. The molecule has 0 fully saturated rings. The van der Waals surface area contributed by atoms with E-state index in [0.29, 0.717) is 17.1 Å². The molecule has 130 valence electrons. The Bertz CT molecular complexity index is 1100. The quantitative estimate of drug-likeness (QED) is 0.580. The van der Waals surface area contributed by atoms with Crippen molar-refractivity contribution in [3.8, 4) is 0 Å². The molecule has 0 bridgehead atoms. The van der Waals surface area contributed by atoms with Gasteiger partial charge in [-0.1, -0.05) is 12.1 Å². The van der Waals surface area contributed by atoms with Crippen LogP contribution in [0.15, 0.2) is 48.2 Å². The molecule has 3 aromatic rings. The van der Waals surface area contributed by atoms with Gasteiger partial charge in [0.15, 0.2) is 0 Å². The lowest BCUT2D eigenvalue weighted by Gasteiger charge is -2.18. The van der Waals surface area contributed by atoms with E-state index in [-0.39, 0.29) is 23.7 Å². The summed E-state index contributed by atoms with van der Waals surface area (Å²) in [5, 5.41) is 28.0. The average molecular weight is 348 g/mol. The molecule has 0 aliphatic carbocycles. The molecule has 0 unspecified atom stereocenters. The van der Waals surface area contributed by atoms with E-state index in [1.165, 1.54) is 12.1 Å². The molecule has 2 heterocycles. The summed E-state index contributed by atoms with van der Waals surface area (Å²) in [6.45, 7) is 2.07. The number of hydrogen-bond acceptors (Lipinski definition) is 4. The van der Waals surface area contributed by atoms with Gasteiger partial charge in [0.25, 0.3) is 0 Å². The highest BCUT2D eigenvalue weighted by Gasteiger charge is 2.31. The molecule has 1 aromatic heterocycles. The van der Waals surface area contributed by atoms with Crippen LogP contribution in [0.3, 0.4) is 0 Å². The van der Waals surface area contributed by atoms with Crippen molar-refractivity contribution in [2.45, 2.75) is 6.92 Å². The second-order valence-corrected chi connectivity index (χ2v) is 6.22. The van der Waals surface area contributed by atoms with E-state index < -0.39 is 5.97 Å². The van der Waals surface area contributed by atoms with E-state index in [1.54, 1.807) is 17.0 Å². The van der Waals surface area contributed by atoms with Gasteiger partial charge in [-0.05, 0) is 42.8 Å². The number of aromatic nitrogens is 2. The lowest BCUT2D eigenvalue weighted by atomic mass is 10.2. The Kier molecular flexibility index (Phi) is 3.50. The number of carboxylic acid groups (broad SMARTS) is 1. The van der Waals surface area contributed by atoms with Crippen molar-refractivity contribution in [2.75, 3.05) is 11.4 Å². The minimum atomic E-state index is -1.04. The van der Waals surface area contributed by atoms with E-state index in [2.05, 4.69) is 9.97 Å². The van der Waals surface area contributed by atoms with E-state index in [0.717, 1.165) is 16.6 Å². The van der Waals surface area contributed by atoms with Crippen LogP contribution in [0.25, 0.3) is 16.6 Å². The largest absolute Gasteiger partial charge is 0.509 e. The summed E-state index contributed by atoms with van der Waals surface area (Å²) in [4.78, 5) is 20.4. The van der Waals surface area contributed by atoms with Crippen molar-refractivity contribution in [3.05, 3.63) is 65.2 Å². The molecule has 0 atom stereocenters. The zero-order valence-electron chi connectivity index (χ0n) is 13.9. The van der Waals surface area contributed by atoms with Crippen LogP contribution in [0.1, 0.15) is 21.7 Å². The Morgan fingerprint density at radius 3 is 2.85 bits per heavy atom. The van der Waals surface area contributed by atoms with Gasteiger partial charge >= 0.3 is 5.97 Å². The van der Waals surface area contributed by atoms with E-state index in [9.17, 15) is 9.90 Å². The van der Waals surface area contributed by atoms with Gasteiger partial charge in [0, 0.05) is 5.69 Å². The lowest BCUT2D eigenvalue weighted by molar-refractivity contribution is 0.0697. The molecule has 0 spiro atoms. The number of amidine groups is 1. The van der Waals surface area contributed by atoms with Crippen LogP contribution < -0.4 is 4.90 Å². The number of aliphatic hydroxyl groups is 1. The highest BCUT2D eigenvalue weighted by atomic mass is 16.4. The number of aliphatic hydroxyl groups excluding tert-OH is 1. The molecule has 26 heavy (non-hydrogen) atoms. The summed E-state index contributed by atoms with van der Waals surface area (Å²) in [6.07, 6.45) is 0. The number of fused-ring (bicyclic) bond motifs is 1. The summed E-state index contributed by atoms with van der Waals surface area (Å²) in [7, 11) is 0. The summed E-state index contributed by atoms with van der Waals surface area (Å²) in [5.74, 6) is -0.528. The number of H-pyrrole nitrogens is 1. The molecule has 7 nitrogen and oxygen atoms in total. The molecule has 0 saturated heterocycles. The normalized spacial score (nSPS) is 14.5. The first kappa shape index (κ1) is 15.9. The number of anilines is 1. The van der Waals surface area contributed by atoms with E-state index >= 15 is 0 Å². The monoisotopic (exact) mass is 348 g/mol. The van der Waals surface area contributed by atoms with Crippen molar-refractivity contribution in [1.82, 2.24) is 9.97 Å². The third-order valence-corrected chi connectivity index (χ3v) is 4.38. The molecule has 7 heteroatoms. The zero-order valence-corrected chi connectivity index (χ0v) is 13.9. The van der Waals surface area contributed by atoms with Gasteiger partial charge < -0.3 is 20.1 Å². The molecule has 0 radical (unpaired) electrons. The van der Waals surface area contributed by atoms with Crippen LogP contribution in [0.5, 0.6) is 0 Å². The third-order valence-electron chi connectivity index (χ3n) is 4.38. The first-order chi connectivity index (χ1) is 12.4. The predicted molar refractivity (Wildman–Crippen MR) is 98.9 cm³/mol. The number of rotatable bonds is 3. The molecular weight excluding hydrogens is 332 g/mol. The minimum absolute atomic E-state index is 0.0199. The Labute approximate surface area is 148 Å². The van der Waals surface area contributed by atoms with Gasteiger partial charge in [-0.3, -0.25) is 5.41 Å². The summed E-state index contributed by atoms with van der Waals surface area (Å²) in [6, 6.07) is 12.1. The number of benzene rings is 2. The third kappa shape index (κ3) is 2.50. The molecule has 4 rings (SSSR count). The van der Waals surface area contributed by atoms with Gasteiger partial charge in [-0.25, -0.2) is 9.78 Å². The maximum atomic E-state index is 11.2. The van der Waals surface area contributed by atoms with Crippen LogP contribution in [-0.4, -0.2) is 38.5 Å². The topological polar surface area (TPSA) is 113 Å². The fourth-order valence-electron chi connectivity index (χ4n) is 3.10. The summed E-state index contributed by atoms with van der Waals surface area (Å²) in [5.41, 5.74) is 3.65. The van der Waals surface area contributed by atoms with Crippen molar-refractivity contribution < 1.29 is 15.0 Å². The van der Waals surface area contributed by atoms with Gasteiger partial charge in [0.1, 0.15) is 17.4 Å². The van der Waals surface area contributed by atoms with E-state index in [1.807, 2.05) is 25.1 Å². The number of imidazole rings is 1. The van der Waals surface area contributed by atoms with E-state index in [4.69, 9.17) is 10.5 Å². The van der Waals surface area contributed by atoms with Crippen LogP contribution in [0.4, 0.5) is 5.69 Å². The van der Waals surface area contributed by atoms with Crippen molar-refractivity contribution >= 4 is 34.1 Å². The lowest BCUT2D eigenvalue weighted by Crippen LogP contribution is -2.26. The molecule has 1 aliphatic rings. The molecular formula is C19H16N4O3. The Morgan fingerprint density at radius 1 is 1.27 bits per heavy atom. The maximum Gasteiger partial charge on any atom is 0.335 e. The highest BCUT2D eigenvalue weighted by Crippen LogP contribution is 2.31.